The van der Waals surface area contributed by atoms with Gasteiger partial charge in [-0.15, -0.1) is 0 Å². The molecule has 2 atom stereocenters. The quantitative estimate of drug-likeness (QED) is 0.543. The molecular weight excluding hydrogens is 220 g/mol. The fraction of sp³-hybridized carbons (Fsp3) is 1.00. The predicted octanol–water partition coefficient (Wildman–Crippen LogP) is 0.441. The highest BCUT2D eigenvalue weighted by molar-refractivity contribution is 4.98. The molecule has 0 amide bonds. The summed E-state index contributed by atoms with van der Waals surface area (Å²) in [5.41, 5.74) is 2.80. The molecular formula is C12H24N2O3. The average molecular weight is 244 g/mol. The summed E-state index contributed by atoms with van der Waals surface area (Å²) in [4.78, 5) is 0. The zero-order chi connectivity index (χ0) is 12.1. The predicted molar refractivity (Wildman–Crippen MR) is 64.4 cm³/mol. The second kappa shape index (κ2) is 6.11. The maximum atomic E-state index is 6.06. The Labute approximate surface area is 103 Å². The van der Waals surface area contributed by atoms with Crippen molar-refractivity contribution in [3.05, 3.63) is 0 Å². The van der Waals surface area contributed by atoms with Gasteiger partial charge in [0, 0.05) is 45.2 Å². The summed E-state index contributed by atoms with van der Waals surface area (Å²) in [6.07, 6.45) is 2.88. The Kier molecular flexibility index (Phi) is 4.76. The van der Waals surface area contributed by atoms with Gasteiger partial charge in [0.2, 0.25) is 0 Å². The summed E-state index contributed by atoms with van der Waals surface area (Å²) in [6, 6.07) is 0.161. The minimum Gasteiger partial charge on any atom is -0.381 e. The zero-order valence-electron chi connectivity index (χ0n) is 10.6. The second-order valence-electron chi connectivity index (χ2n) is 4.88. The number of ether oxygens (including phenoxy) is 3. The van der Waals surface area contributed by atoms with Crippen LogP contribution in [0.4, 0.5) is 0 Å². The van der Waals surface area contributed by atoms with E-state index in [1.165, 1.54) is 0 Å². The van der Waals surface area contributed by atoms with Gasteiger partial charge >= 0.3 is 0 Å². The fourth-order valence-corrected chi connectivity index (χ4v) is 3.08. The molecule has 0 aromatic rings. The van der Waals surface area contributed by atoms with Crippen molar-refractivity contribution in [1.29, 1.82) is 0 Å². The summed E-state index contributed by atoms with van der Waals surface area (Å²) < 4.78 is 17.0. The van der Waals surface area contributed by atoms with E-state index in [0.717, 1.165) is 45.7 Å². The average Bonchev–Trinajstić information content (AvgIpc) is 2.85. The number of hydrazine groups is 1. The van der Waals surface area contributed by atoms with E-state index in [9.17, 15) is 0 Å². The summed E-state index contributed by atoms with van der Waals surface area (Å²) >= 11 is 0. The number of hydrogen-bond acceptors (Lipinski definition) is 5. The molecule has 2 rings (SSSR count). The van der Waals surface area contributed by atoms with Crippen molar-refractivity contribution in [2.45, 2.75) is 37.8 Å². The number of nitrogens with two attached hydrogens (primary N) is 1. The molecule has 17 heavy (non-hydrogen) atoms. The van der Waals surface area contributed by atoms with Crippen molar-refractivity contribution in [2.24, 2.45) is 11.8 Å². The van der Waals surface area contributed by atoms with Gasteiger partial charge in [0.1, 0.15) is 0 Å². The molecule has 3 N–H and O–H groups in total. The van der Waals surface area contributed by atoms with Gasteiger partial charge in [-0.3, -0.25) is 11.3 Å². The maximum absolute atomic E-state index is 6.06. The molecule has 0 aromatic carbocycles. The first-order chi connectivity index (χ1) is 8.32. The third-order valence-corrected chi connectivity index (χ3v) is 3.95. The van der Waals surface area contributed by atoms with Gasteiger partial charge in [0.15, 0.2) is 0 Å². The van der Waals surface area contributed by atoms with Crippen LogP contribution >= 0.6 is 0 Å². The molecule has 100 valence electrons. The highest BCUT2D eigenvalue weighted by Gasteiger charge is 2.45. The van der Waals surface area contributed by atoms with Crippen molar-refractivity contribution >= 4 is 0 Å². The van der Waals surface area contributed by atoms with Gasteiger partial charge in [-0.05, 0) is 13.3 Å². The highest BCUT2D eigenvalue weighted by Crippen LogP contribution is 2.34. The van der Waals surface area contributed by atoms with Crippen LogP contribution < -0.4 is 11.3 Å². The molecule has 0 spiro atoms. The first-order valence-corrected chi connectivity index (χ1v) is 6.58. The second-order valence-corrected chi connectivity index (χ2v) is 4.88. The Morgan fingerprint density at radius 2 is 2.12 bits per heavy atom. The normalized spacial score (nSPS) is 30.4. The van der Waals surface area contributed by atoms with Crippen LogP contribution in [0.1, 0.15) is 26.2 Å². The summed E-state index contributed by atoms with van der Waals surface area (Å²) in [5.74, 6) is 6.22. The van der Waals surface area contributed by atoms with Crippen LogP contribution in [0.15, 0.2) is 0 Å². The van der Waals surface area contributed by atoms with Gasteiger partial charge in [0.25, 0.3) is 0 Å². The Morgan fingerprint density at radius 3 is 2.65 bits per heavy atom. The Balaban J connectivity index is 2.10. The Bertz CT molecular complexity index is 220. The van der Waals surface area contributed by atoms with E-state index in [4.69, 9.17) is 20.1 Å². The molecule has 2 aliphatic heterocycles. The van der Waals surface area contributed by atoms with E-state index in [1.807, 2.05) is 6.92 Å². The SMILES string of the molecule is CCOC1(C(NN)C2CCOC2)CCOCC1. The molecule has 2 saturated heterocycles. The van der Waals surface area contributed by atoms with Gasteiger partial charge < -0.3 is 14.2 Å². The van der Waals surface area contributed by atoms with E-state index in [1.54, 1.807) is 0 Å². The largest absolute Gasteiger partial charge is 0.381 e. The lowest BCUT2D eigenvalue weighted by Crippen LogP contribution is -2.60. The molecule has 0 saturated carbocycles. The van der Waals surface area contributed by atoms with E-state index < -0.39 is 0 Å². The molecule has 0 aliphatic carbocycles. The lowest BCUT2D eigenvalue weighted by molar-refractivity contribution is -0.136. The summed E-state index contributed by atoms with van der Waals surface area (Å²) in [5, 5.41) is 0. The molecule has 2 fully saturated rings. The van der Waals surface area contributed by atoms with Gasteiger partial charge in [-0.25, -0.2) is 0 Å². The van der Waals surface area contributed by atoms with Crippen molar-refractivity contribution in [3.8, 4) is 0 Å². The number of rotatable bonds is 5. The first kappa shape index (κ1) is 13.2. The lowest BCUT2D eigenvalue weighted by atomic mass is 9.79. The van der Waals surface area contributed by atoms with Crippen LogP contribution in [-0.4, -0.2) is 44.7 Å². The molecule has 0 bridgehead atoms. The van der Waals surface area contributed by atoms with E-state index in [2.05, 4.69) is 5.43 Å². The maximum Gasteiger partial charge on any atom is 0.0895 e. The standard InChI is InChI=1S/C12H24N2O3/c1-2-17-12(4-7-15-8-5-12)11(14-13)10-3-6-16-9-10/h10-11,14H,2-9,13H2,1H3. The van der Waals surface area contributed by atoms with Crippen LogP contribution in [0.2, 0.25) is 0 Å². The summed E-state index contributed by atoms with van der Waals surface area (Å²) in [7, 11) is 0. The van der Waals surface area contributed by atoms with Crippen LogP contribution in [-0.2, 0) is 14.2 Å². The molecule has 2 heterocycles. The first-order valence-electron chi connectivity index (χ1n) is 6.58. The van der Waals surface area contributed by atoms with Crippen LogP contribution in [0, 0.1) is 5.92 Å². The van der Waals surface area contributed by atoms with E-state index in [-0.39, 0.29) is 11.6 Å². The minimum atomic E-state index is -0.180. The summed E-state index contributed by atoms with van der Waals surface area (Å²) in [6.45, 7) is 5.88. The van der Waals surface area contributed by atoms with E-state index >= 15 is 0 Å². The Hall–Kier alpha value is -0.200. The molecule has 0 radical (unpaired) electrons. The molecule has 5 heteroatoms. The van der Waals surface area contributed by atoms with Crippen molar-refractivity contribution in [3.63, 3.8) is 0 Å². The number of nitrogens with one attached hydrogen (secondary N) is 1. The van der Waals surface area contributed by atoms with E-state index in [0.29, 0.717) is 12.5 Å². The minimum absolute atomic E-state index is 0.161. The van der Waals surface area contributed by atoms with Crippen molar-refractivity contribution in [2.75, 3.05) is 33.0 Å². The van der Waals surface area contributed by atoms with Crippen LogP contribution in [0.25, 0.3) is 0 Å². The molecule has 2 aliphatic rings. The lowest BCUT2D eigenvalue weighted by Gasteiger charge is -2.44. The third kappa shape index (κ3) is 2.80. The Morgan fingerprint density at radius 1 is 1.35 bits per heavy atom. The monoisotopic (exact) mass is 244 g/mol. The van der Waals surface area contributed by atoms with Crippen molar-refractivity contribution < 1.29 is 14.2 Å². The molecule has 5 nitrogen and oxygen atoms in total. The third-order valence-electron chi connectivity index (χ3n) is 3.95. The molecule has 0 aromatic heterocycles. The smallest absolute Gasteiger partial charge is 0.0895 e. The number of hydrogen-bond donors (Lipinski definition) is 2. The topological polar surface area (TPSA) is 65.7 Å². The van der Waals surface area contributed by atoms with Gasteiger partial charge in [-0.2, -0.15) is 0 Å². The van der Waals surface area contributed by atoms with Crippen molar-refractivity contribution in [1.82, 2.24) is 5.43 Å². The zero-order valence-corrected chi connectivity index (χ0v) is 10.6. The van der Waals surface area contributed by atoms with Gasteiger partial charge in [0.05, 0.1) is 18.2 Å². The van der Waals surface area contributed by atoms with Gasteiger partial charge in [-0.1, -0.05) is 0 Å². The van der Waals surface area contributed by atoms with Crippen LogP contribution in [0.5, 0.6) is 0 Å². The van der Waals surface area contributed by atoms with Crippen LogP contribution in [0.3, 0.4) is 0 Å². The molecule has 2 unspecified atom stereocenters. The fourth-order valence-electron chi connectivity index (χ4n) is 3.08. The highest BCUT2D eigenvalue weighted by atomic mass is 16.5.